The summed E-state index contributed by atoms with van der Waals surface area (Å²) in [6, 6.07) is 0. The molecule has 4 rings (SSSR count). The predicted octanol–water partition coefficient (Wildman–Crippen LogP) is 2.24. The van der Waals surface area contributed by atoms with Gasteiger partial charge in [0.05, 0.1) is 18.7 Å². The third-order valence-electron chi connectivity index (χ3n) is 5.39. The number of likely N-dealkylation sites (tertiary alicyclic amines) is 1. The molecule has 1 saturated heterocycles. The van der Waals surface area contributed by atoms with E-state index >= 15 is 0 Å². The van der Waals surface area contributed by atoms with Crippen LogP contribution >= 0.6 is 0 Å². The van der Waals surface area contributed by atoms with E-state index in [1.165, 1.54) is 38.1 Å². The second-order valence-electron chi connectivity index (χ2n) is 7.35. The Bertz CT molecular complexity index is 745. The van der Waals surface area contributed by atoms with Gasteiger partial charge in [0.1, 0.15) is 5.69 Å². The Morgan fingerprint density at radius 3 is 2.96 bits per heavy atom. The largest absolute Gasteiger partial charge is 0.381 e. The van der Waals surface area contributed by atoms with Gasteiger partial charge >= 0.3 is 0 Å². The normalized spacial score (nSPS) is 20.4. The van der Waals surface area contributed by atoms with Crippen molar-refractivity contribution in [3.63, 3.8) is 0 Å². The molecule has 8 nitrogen and oxygen atoms in total. The molecule has 1 amide bonds. The highest BCUT2D eigenvalue weighted by Crippen LogP contribution is 2.27. The number of nitrogens with zero attached hydrogens (tertiary/aromatic N) is 5. The van der Waals surface area contributed by atoms with Crippen LogP contribution in [0.3, 0.4) is 0 Å². The molecule has 8 heteroatoms. The Hall–Kier alpha value is -2.35. The van der Waals surface area contributed by atoms with Crippen molar-refractivity contribution in [3.8, 4) is 0 Å². The zero-order valence-corrected chi connectivity index (χ0v) is 15.4. The molecule has 2 aliphatic rings. The highest BCUT2D eigenvalue weighted by atomic mass is 16.5. The minimum atomic E-state index is -0.106. The van der Waals surface area contributed by atoms with Gasteiger partial charge in [0.15, 0.2) is 5.82 Å². The molecular formula is C19H25N5O3. The summed E-state index contributed by atoms with van der Waals surface area (Å²) in [5.41, 5.74) is 0.365. The third kappa shape index (κ3) is 4.50. The van der Waals surface area contributed by atoms with Crippen molar-refractivity contribution in [3.05, 3.63) is 36.0 Å². The minimum absolute atomic E-state index is 0.0753. The first kappa shape index (κ1) is 18.0. The summed E-state index contributed by atoms with van der Waals surface area (Å²) in [5.74, 6) is 1.98. The molecule has 1 saturated carbocycles. The van der Waals surface area contributed by atoms with E-state index < -0.39 is 0 Å². The first-order chi connectivity index (χ1) is 13.3. The maximum atomic E-state index is 12.5. The van der Waals surface area contributed by atoms with E-state index in [0.29, 0.717) is 43.5 Å². The topological polar surface area (TPSA) is 94.2 Å². The van der Waals surface area contributed by atoms with Crippen molar-refractivity contribution in [1.82, 2.24) is 25.0 Å². The van der Waals surface area contributed by atoms with Crippen molar-refractivity contribution in [2.75, 3.05) is 26.3 Å². The highest BCUT2D eigenvalue weighted by molar-refractivity contribution is 5.92. The molecular weight excluding hydrogens is 346 g/mol. The molecule has 144 valence electrons. The van der Waals surface area contributed by atoms with Crippen LogP contribution in [0.2, 0.25) is 0 Å². The molecule has 2 aromatic rings. The maximum Gasteiger partial charge on any atom is 0.274 e. The summed E-state index contributed by atoms with van der Waals surface area (Å²) in [6.45, 7) is 2.68. The number of aromatic nitrogens is 4. The smallest absolute Gasteiger partial charge is 0.274 e. The standard InChI is InChI=1S/C19H25N5O3/c25-19(16-11-20-7-8-21-16)24-9-5-15(12-24)18-22-17(23-27-18)6-10-26-13-14-3-1-2-4-14/h7-8,11,14-15H,1-6,9-10,12-13H2. The second kappa shape index (κ2) is 8.56. The van der Waals surface area contributed by atoms with Crippen LogP contribution in [-0.2, 0) is 11.2 Å². The molecule has 0 spiro atoms. The second-order valence-corrected chi connectivity index (χ2v) is 7.35. The average molecular weight is 371 g/mol. The number of carbonyl (C=O) groups is 1. The molecule has 0 radical (unpaired) electrons. The van der Waals surface area contributed by atoms with E-state index in [-0.39, 0.29) is 11.8 Å². The lowest BCUT2D eigenvalue weighted by molar-refractivity contribution is 0.0783. The molecule has 1 unspecified atom stereocenters. The number of hydrogen-bond acceptors (Lipinski definition) is 7. The van der Waals surface area contributed by atoms with E-state index in [1.54, 1.807) is 11.1 Å². The predicted molar refractivity (Wildman–Crippen MR) is 96.1 cm³/mol. The lowest BCUT2D eigenvalue weighted by Crippen LogP contribution is -2.29. The van der Waals surface area contributed by atoms with Crippen LogP contribution in [-0.4, -0.2) is 57.2 Å². The van der Waals surface area contributed by atoms with E-state index in [4.69, 9.17) is 9.26 Å². The van der Waals surface area contributed by atoms with Gasteiger partial charge in [-0.15, -0.1) is 0 Å². The fourth-order valence-corrected chi connectivity index (χ4v) is 3.84. The monoisotopic (exact) mass is 371 g/mol. The molecule has 27 heavy (non-hydrogen) atoms. The molecule has 2 fully saturated rings. The van der Waals surface area contributed by atoms with Crippen molar-refractivity contribution in [2.24, 2.45) is 5.92 Å². The van der Waals surface area contributed by atoms with E-state index in [2.05, 4.69) is 20.1 Å². The van der Waals surface area contributed by atoms with E-state index in [1.807, 2.05) is 0 Å². The lowest BCUT2D eigenvalue weighted by atomic mass is 10.1. The van der Waals surface area contributed by atoms with Crippen LogP contribution < -0.4 is 0 Å². The van der Waals surface area contributed by atoms with Crippen LogP contribution in [0.15, 0.2) is 23.1 Å². The quantitative estimate of drug-likeness (QED) is 0.689. The lowest BCUT2D eigenvalue weighted by Gasteiger charge is -2.14. The fraction of sp³-hybridized carbons (Fsp3) is 0.632. The van der Waals surface area contributed by atoms with Gasteiger partial charge in [-0.05, 0) is 25.2 Å². The van der Waals surface area contributed by atoms with E-state index in [0.717, 1.165) is 18.9 Å². The molecule has 1 atom stereocenters. The van der Waals surface area contributed by atoms with Crippen molar-refractivity contribution in [1.29, 1.82) is 0 Å². The molecule has 2 aromatic heterocycles. The number of carbonyl (C=O) groups excluding carboxylic acids is 1. The SMILES string of the molecule is O=C(c1cnccn1)N1CCC(c2nc(CCOCC3CCCC3)no2)C1. The van der Waals surface area contributed by atoms with Crippen molar-refractivity contribution < 1.29 is 14.1 Å². The van der Waals surface area contributed by atoms with Gasteiger partial charge in [-0.2, -0.15) is 4.98 Å². The van der Waals surface area contributed by atoms with Gasteiger partial charge in [-0.25, -0.2) is 4.98 Å². The molecule has 1 aliphatic heterocycles. The fourth-order valence-electron chi connectivity index (χ4n) is 3.84. The third-order valence-corrected chi connectivity index (χ3v) is 5.39. The summed E-state index contributed by atoms with van der Waals surface area (Å²) in [4.78, 5) is 26.8. The summed E-state index contributed by atoms with van der Waals surface area (Å²) in [5, 5.41) is 4.07. The number of amides is 1. The number of ether oxygens (including phenoxy) is 1. The van der Waals surface area contributed by atoms with E-state index in [9.17, 15) is 4.79 Å². The summed E-state index contributed by atoms with van der Waals surface area (Å²) < 4.78 is 11.2. The maximum absolute atomic E-state index is 12.5. The first-order valence-corrected chi connectivity index (χ1v) is 9.75. The Morgan fingerprint density at radius 1 is 1.26 bits per heavy atom. The molecule has 1 aliphatic carbocycles. The molecule has 0 N–H and O–H groups in total. The number of hydrogen-bond donors (Lipinski definition) is 0. The van der Waals surface area contributed by atoms with Crippen LogP contribution in [0.1, 0.15) is 60.2 Å². The summed E-state index contributed by atoms with van der Waals surface area (Å²) in [6.07, 6.45) is 11.3. The van der Waals surface area contributed by atoms with Crippen LogP contribution in [0.25, 0.3) is 0 Å². The van der Waals surface area contributed by atoms with Crippen LogP contribution in [0.4, 0.5) is 0 Å². The minimum Gasteiger partial charge on any atom is -0.381 e. The Labute approximate surface area is 158 Å². The van der Waals surface area contributed by atoms with Gasteiger partial charge in [0.25, 0.3) is 5.91 Å². The van der Waals surface area contributed by atoms with Crippen molar-refractivity contribution in [2.45, 2.75) is 44.4 Å². The average Bonchev–Trinajstić information content (AvgIpc) is 3.47. The zero-order valence-electron chi connectivity index (χ0n) is 15.4. The van der Waals surface area contributed by atoms with Crippen LogP contribution in [0, 0.1) is 5.92 Å². The number of rotatable bonds is 7. The Morgan fingerprint density at radius 2 is 2.15 bits per heavy atom. The molecule has 0 bridgehead atoms. The van der Waals surface area contributed by atoms with Gasteiger partial charge in [-0.1, -0.05) is 18.0 Å². The van der Waals surface area contributed by atoms with Gasteiger partial charge < -0.3 is 14.2 Å². The van der Waals surface area contributed by atoms with Gasteiger partial charge in [0, 0.05) is 38.5 Å². The Kier molecular flexibility index (Phi) is 5.72. The van der Waals surface area contributed by atoms with Gasteiger partial charge in [0.2, 0.25) is 5.89 Å². The van der Waals surface area contributed by atoms with Gasteiger partial charge in [-0.3, -0.25) is 9.78 Å². The Balaban J connectivity index is 1.24. The zero-order chi connectivity index (χ0) is 18.5. The summed E-state index contributed by atoms with van der Waals surface area (Å²) in [7, 11) is 0. The molecule has 3 heterocycles. The highest BCUT2D eigenvalue weighted by Gasteiger charge is 2.32. The summed E-state index contributed by atoms with van der Waals surface area (Å²) >= 11 is 0. The van der Waals surface area contributed by atoms with Crippen molar-refractivity contribution >= 4 is 5.91 Å². The first-order valence-electron chi connectivity index (χ1n) is 9.75. The molecule has 0 aromatic carbocycles. The van der Waals surface area contributed by atoms with Crippen LogP contribution in [0.5, 0.6) is 0 Å².